The first kappa shape index (κ1) is 22.9. The van der Waals surface area contributed by atoms with Gasteiger partial charge >= 0.3 is 23.9 Å². The van der Waals surface area contributed by atoms with E-state index in [-0.39, 0.29) is 22.3 Å². The zero-order valence-electron chi connectivity index (χ0n) is 19.0. The Morgan fingerprint density at radius 1 is 0.697 bits per heavy atom. The molecule has 10 heteroatoms. The molecule has 0 N–H and O–H groups in total. The molecule has 176 valence electrons. The second kappa shape index (κ2) is 7.39. The Hall–Kier alpha value is -3.24. The molecule has 0 aromatic rings. The van der Waals surface area contributed by atoms with E-state index in [4.69, 9.17) is 28.4 Å². The number of hydrogen-bond acceptors (Lipinski definition) is 10. The molecular weight excluding hydrogens is 436 g/mol. The van der Waals surface area contributed by atoms with Crippen LogP contribution in [0.25, 0.3) is 0 Å². The van der Waals surface area contributed by atoms with Crippen LogP contribution in [-0.2, 0) is 47.6 Å². The summed E-state index contributed by atoms with van der Waals surface area (Å²) in [6, 6.07) is 0. The van der Waals surface area contributed by atoms with Crippen LogP contribution in [-0.4, -0.2) is 75.7 Å². The van der Waals surface area contributed by atoms with Crippen LogP contribution in [0, 0.1) is 5.41 Å². The van der Waals surface area contributed by atoms with E-state index in [1.54, 1.807) is 38.2 Å². The molecule has 4 aliphatic rings. The molecule has 0 radical (unpaired) electrons. The Morgan fingerprint density at radius 3 is 1.33 bits per heavy atom. The average Bonchev–Trinajstić information content (AvgIpc) is 3.59. The molecule has 4 rings (SSSR count). The molecule has 0 aromatic carbocycles. The molecule has 0 spiro atoms. The molecule has 0 amide bonds. The highest BCUT2D eigenvalue weighted by Gasteiger charge is 2.72. The molecule has 4 heterocycles. The van der Waals surface area contributed by atoms with Crippen LogP contribution in [0.1, 0.15) is 13.8 Å². The smallest absolute Gasteiger partial charge is 0.337 e. The maximum Gasteiger partial charge on any atom is 0.337 e. The van der Waals surface area contributed by atoms with Crippen molar-refractivity contribution in [1.82, 2.24) is 0 Å². The zero-order chi connectivity index (χ0) is 24.3. The number of carbonyl (C=O) groups is 4. The SMILES string of the molecule is COC(=O)C1=C(C(=O)OC)C2(C(C)(C)C34C=CC(O3)C(C(=O)OC)=C4C(=O)OC)C=CC1O2. The number of methoxy groups -OCH3 is 4. The van der Waals surface area contributed by atoms with Crippen LogP contribution < -0.4 is 0 Å². The highest BCUT2D eigenvalue weighted by Crippen LogP contribution is 2.63. The lowest BCUT2D eigenvalue weighted by Gasteiger charge is -2.50. The predicted molar refractivity (Wildman–Crippen MR) is 109 cm³/mol. The average molecular weight is 460 g/mol. The van der Waals surface area contributed by atoms with Gasteiger partial charge in [0.15, 0.2) is 0 Å². The molecule has 4 aliphatic heterocycles. The minimum absolute atomic E-state index is 0.00429. The molecule has 0 saturated carbocycles. The van der Waals surface area contributed by atoms with Gasteiger partial charge < -0.3 is 28.4 Å². The number of esters is 4. The number of ether oxygens (including phenoxy) is 6. The van der Waals surface area contributed by atoms with E-state index in [2.05, 4.69) is 0 Å². The lowest BCUT2D eigenvalue weighted by molar-refractivity contribution is -0.156. The van der Waals surface area contributed by atoms with Crippen molar-refractivity contribution in [1.29, 1.82) is 0 Å². The van der Waals surface area contributed by atoms with Crippen LogP contribution >= 0.6 is 0 Å². The van der Waals surface area contributed by atoms with Gasteiger partial charge in [0.05, 0.1) is 50.7 Å². The fraction of sp³-hybridized carbons (Fsp3) is 0.478. The number of rotatable bonds is 6. The van der Waals surface area contributed by atoms with E-state index in [1.807, 2.05) is 0 Å². The lowest BCUT2D eigenvalue weighted by atomic mass is 9.57. The van der Waals surface area contributed by atoms with Crippen molar-refractivity contribution in [3.8, 4) is 0 Å². The Morgan fingerprint density at radius 2 is 1.03 bits per heavy atom. The first-order valence-electron chi connectivity index (χ1n) is 10.1. The third kappa shape index (κ3) is 2.61. The molecule has 0 aromatic heterocycles. The molecule has 10 nitrogen and oxygen atoms in total. The molecule has 33 heavy (non-hydrogen) atoms. The Kier molecular flexibility index (Phi) is 5.14. The van der Waals surface area contributed by atoms with Crippen LogP contribution in [0.15, 0.2) is 46.6 Å². The van der Waals surface area contributed by atoms with Gasteiger partial charge in [0.2, 0.25) is 0 Å². The molecule has 0 fully saturated rings. The second-order valence-electron chi connectivity index (χ2n) is 8.44. The summed E-state index contributed by atoms with van der Waals surface area (Å²) in [6.07, 6.45) is 4.81. The first-order chi connectivity index (χ1) is 15.6. The topological polar surface area (TPSA) is 124 Å². The van der Waals surface area contributed by atoms with E-state index in [1.165, 1.54) is 28.4 Å². The fourth-order valence-electron chi connectivity index (χ4n) is 5.28. The fourth-order valence-corrected chi connectivity index (χ4v) is 5.28. The van der Waals surface area contributed by atoms with Crippen LogP contribution in [0.5, 0.6) is 0 Å². The van der Waals surface area contributed by atoms with Crippen molar-refractivity contribution in [2.45, 2.75) is 37.3 Å². The molecule has 4 unspecified atom stereocenters. The third-order valence-electron chi connectivity index (χ3n) is 6.93. The summed E-state index contributed by atoms with van der Waals surface area (Å²) < 4.78 is 32.2. The minimum atomic E-state index is -1.56. The summed E-state index contributed by atoms with van der Waals surface area (Å²) in [6.45, 7) is 3.41. The molecule has 0 saturated heterocycles. The molecular formula is C23H24O10. The first-order valence-corrected chi connectivity index (χ1v) is 10.1. The van der Waals surface area contributed by atoms with Gasteiger partial charge in [-0.05, 0) is 12.2 Å². The Labute approximate surface area is 189 Å². The summed E-state index contributed by atoms with van der Waals surface area (Å²) in [4.78, 5) is 51.1. The monoisotopic (exact) mass is 460 g/mol. The van der Waals surface area contributed by atoms with Gasteiger partial charge in [0, 0.05) is 5.41 Å². The number of carbonyl (C=O) groups excluding carboxylic acids is 4. The second-order valence-corrected chi connectivity index (χ2v) is 8.44. The summed E-state index contributed by atoms with van der Waals surface area (Å²) in [5.74, 6) is -3.07. The van der Waals surface area contributed by atoms with Gasteiger partial charge in [-0.15, -0.1) is 0 Å². The zero-order valence-corrected chi connectivity index (χ0v) is 19.0. The summed E-state index contributed by atoms with van der Waals surface area (Å²) in [5.41, 5.74) is -4.50. The van der Waals surface area contributed by atoms with Gasteiger partial charge in [0.25, 0.3) is 0 Å². The largest absolute Gasteiger partial charge is 0.466 e. The summed E-state index contributed by atoms with van der Waals surface area (Å²) in [7, 11) is 4.76. The highest BCUT2D eigenvalue weighted by molar-refractivity contribution is 6.07. The van der Waals surface area contributed by atoms with E-state index >= 15 is 0 Å². The Balaban J connectivity index is 1.98. The van der Waals surface area contributed by atoms with Crippen molar-refractivity contribution in [2.24, 2.45) is 5.41 Å². The number of hydrogen-bond donors (Lipinski definition) is 0. The van der Waals surface area contributed by atoms with Gasteiger partial charge in [-0.25, -0.2) is 19.2 Å². The van der Waals surface area contributed by atoms with E-state index in [0.717, 1.165) is 0 Å². The highest BCUT2D eigenvalue weighted by atomic mass is 16.6. The maximum atomic E-state index is 13.0. The van der Waals surface area contributed by atoms with Crippen molar-refractivity contribution in [3.63, 3.8) is 0 Å². The molecule has 4 atom stereocenters. The quantitative estimate of drug-likeness (QED) is 0.318. The van der Waals surface area contributed by atoms with Gasteiger partial charge in [-0.3, -0.25) is 0 Å². The van der Waals surface area contributed by atoms with Crippen molar-refractivity contribution in [2.75, 3.05) is 28.4 Å². The Bertz CT molecular complexity index is 1010. The summed E-state index contributed by atoms with van der Waals surface area (Å²) in [5, 5.41) is 0. The lowest BCUT2D eigenvalue weighted by Crippen LogP contribution is -2.60. The maximum absolute atomic E-state index is 13.0. The summed E-state index contributed by atoms with van der Waals surface area (Å²) >= 11 is 0. The van der Waals surface area contributed by atoms with E-state index in [0.29, 0.717) is 0 Å². The van der Waals surface area contributed by atoms with Gasteiger partial charge in [-0.2, -0.15) is 0 Å². The van der Waals surface area contributed by atoms with Gasteiger partial charge in [0.1, 0.15) is 23.4 Å². The van der Waals surface area contributed by atoms with Crippen molar-refractivity contribution in [3.05, 3.63) is 46.6 Å². The predicted octanol–water partition coefficient (Wildman–Crippen LogP) is 0.713. The van der Waals surface area contributed by atoms with Crippen LogP contribution in [0.4, 0.5) is 0 Å². The van der Waals surface area contributed by atoms with Crippen molar-refractivity contribution < 1.29 is 47.6 Å². The molecule has 0 aliphatic carbocycles. The minimum Gasteiger partial charge on any atom is -0.466 e. The van der Waals surface area contributed by atoms with Crippen LogP contribution in [0.2, 0.25) is 0 Å². The van der Waals surface area contributed by atoms with E-state index in [9.17, 15) is 19.2 Å². The third-order valence-corrected chi connectivity index (χ3v) is 6.93. The van der Waals surface area contributed by atoms with Gasteiger partial charge in [-0.1, -0.05) is 26.0 Å². The normalized spacial score (nSPS) is 31.3. The standard InChI is InChI=1S/C23H24O10/c1-21(2,22-9-7-11(32-22)13(17(24)28-3)15(22)19(26)30-5)23-10-8-12(33-23)14(18(25)29-4)16(23)20(27)31-6/h7-12H,1-6H3. The van der Waals surface area contributed by atoms with E-state index < -0.39 is 52.7 Å². The van der Waals surface area contributed by atoms with Crippen molar-refractivity contribution >= 4 is 23.9 Å². The number of fused-ring (bicyclic) bond motifs is 4. The molecule has 4 bridgehead atoms. The van der Waals surface area contributed by atoms with Crippen LogP contribution in [0.3, 0.4) is 0 Å².